The van der Waals surface area contributed by atoms with Gasteiger partial charge in [0.15, 0.2) is 0 Å². The molecule has 0 atom stereocenters. The number of halogens is 3. The smallest absolute Gasteiger partial charge is 0.407 e. The predicted molar refractivity (Wildman–Crippen MR) is 61.0 cm³/mol. The van der Waals surface area contributed by atoms with Gasteiger partial charge in [0.25, 0.3) is 0 Å². The Kier molecular flexibility index (Phi) is 6.17. The molecule has 1 amide bonds. The molecule has 0 fully saturated rings. The van der Waals surface area contributed by atoms with Gasteiger partial charge in [0.05, 0.1) is 6.54 Å². The monoisotopic (exact) mass is 302 g/mol. The largest absolute Gasteiger partial charge is 0.444 e. The van der Waals surface area contributed by atoms with E-state index in [-0.39, 0.29) is 13.1 Å². The zero-order valence-corrected chi connectivity index (χ0v) is 11.2. The van der Waals surface area contributed by atoms with Gasteiger partial charge in [-0.15, -0.1) is 0 Å². The lowest BCUT2D eigenvalue weighted by Crippen LogP contribution is -2.38. The van der Waals surface area contributed by atoms with Crippen LogP contribution in [0.5, 0.6) is 0 Å². The zero-order chi connectivity index (χ0) is 12.8. The molecule has 0 radical (unpaired) electrons. The summed E-state index contributed by atoms with van der Waals surface area (Å²) in [5.74, 6) is 0. The number of carbonyl (C=O) groups excluding carboxylic acids is 1. The van der Waals surface area contributed by atoms with Crippen LogP contribution in [0.3, 0.4) is 0 Å². The van der Waals surface area contributed by atoms with Crippen molar-refractivity contribution in [1.29, 1.82) is 0 Å². The Morgan fingerprint density at radius 2 is 1.88 bits per heavy atom. The van der Waals surface area contributed by atoms with Gasteiger partial charge in [-0.1, -0.05) is 0 Å². The topological polar surface area (TPSA) is 50.4 Å². The Hall–Kier alpha value is -0.430. The van der Waals surface area contributed by atoms with Gasteiger partial charge in [0.2, 0.25) is 0 Å². The highest BCUT2D eigenvalue weighted by atomic mass is 79.9. The van der Waals surface area contributed by atoms with Crippen LogP contribution in [0.4, 0.5) is 13.6 Å². The molecule has 0 spiro atoms. The number of alkyl carbamates (subject to hydrolysis) is 1. The van der Waals surface area contributed by atoms with Crippen molar-refractivity contribution in [1.82, 2.24) is 10.6 Å². The van der Waals surface area contributed by atoms with E-state index in [0.29, 0.717) is 0 Å². The van der Waals surface area contributed by atoms with Crippen LogP contribution in [-0.2, 0) is 4.74 Å². The summed E-state index contributed by atoms with van der Waals surface area (Å²) >= 11 is 2.19. The van der Waals surface area contributed by atoms with Crippen molar-refractivity contribution in [3.8, 4) is 0 Å². The predicted octanol–water partition coefficient (Wildman–Crippen LogP) is 2.09. The number of alkyl halides is 3. The van der Waals surface area contributed by atoms with E-state index in [1.54, 1.807) is 20.8 Å². The summed E-state index contributed by atoms with van der Waals surface area (Å²) in [7, 11) is 0. The van der Waals surface area contributed by atoms with Gasteiger partial charge >= 0.3 is 10.9 Å². The summed E-state index contributed by atoms with van der Waals surface area (Å²) in [5, 5.41) is 4.92. The Balaban J connectivity index is 3.50. The van der Waals surface area contributed by atoms with E-state index < -0.39 is 23.1 Å². The van der Waals surface area contributed by atoms with E-state index in [1.807, 2.05) is 0 Å². The minimum atomic E-state index is -2.92. The summed E-state index contributed by atoms with van der Waals surface area (Å²) < 4.78 is 29.5. The number of ether oxygens (including phenoxy) is 1. The lowest BCUT2D eigenvalue weighted by atomic mass is 10.2. The SMILES string of the molecule is CC(C)(C)OC(=O)NCCNCC(F)(F)Br. The molecule has 0 aliphatic rings. The average molecular weight is 303 g/mol. The first-order valence-electron chi connectivity index (χ1n) is 4.84. The Bertz CT molecular complexity index is 227. The Labute approximate surface area is 102 Å². The molecule has 4 nitrogen and oxygen atoms in total. The van der Waals surface area contributed by atoms with E-state index >= 15 is 0 Å². The minimum absolute atomic E-state index is 0.234. The molecule has 0 saturated carbocycles. The van der Waals surface area contributed by atoms with Crippen LogP contribution in [0, 0.1) is 0 Å². The molecule has 0 bridgehead atoms. The highest BCUT2D eigenvalue weighted by Crippen LogP contribution is 2.19. The van der Waals surface area contributed by atoms with Crippen molar-refractivity contribution >= 4 is 22.0 Å². The summed E-state index contributed by atoms with van der Waals surface area (Å²) in [6.45, 7) is 5.24. The Morgan fingerprint density at radius 1 is 1.31 bits per heavy atom. The van der Waals surface area contributed by atoms with Gasteiger partial charge < -0.3 is 15.4 Å². The molecule has 0 aromatic carbocycles. The summed E-state index contributed by atoms with van der Waals surface area (Å²) in [6.07, 6.45) is -0.556. The highest BCUT2D eigenvalue weighted by molar-refractivity contribution is 9.10. The fraction of sp³-hybridized carbons (Fsp3) is 0.889. The van der Waals surface area contributed by atoms with Gasteiger partial charge in [-0.3, -0.25) is 0 Å². The molecule has 2 N–H and O–H groups in total. The molecule has 96 valence electrons. The highest BCUT2D eigenvalue weighted by Gasteiger charge is 2.22. The minimum Gasteiger partial charge on any atom is -0.444 e. The van der Waals surface area contributed by atoms with E-state index in [9.17, 15) is 13.6 Å². The van der Waals surface area contributed by atoms with Gasteiger partial charge in [0.1, 0.15) is 5.60 Å². The summed E-state index contributed by atoms with van der Waals surface area (Å²) in [6, 6.07) is 0. The molecule has 0 aliphatic heterocycles. The van der Waals surface area contributed by atoms with Crippen LogP contribution >= 0.6 is 15.9 Å². The summed E-state index contributed by atoms with van der Waals surface area (Å²) in [5.41, 5.74) is -0.555. The third kappa shape index (κ3) is 11.6. The molecule has 0 saturated heterocycles. The molecule has 0 heterocycles. The van der Waals surface area contributed by atoms with Crippen LogP contribution in [0.15, 0.2) is 0 Å². The van der Waals surface area contributed by atoms with Gasteiger partial charge in [-0.2, -0.15) is 8.78 Å². The maximum Gasteiger partial charge on any atom is 0.407 e. The van der Waals surface area contributed by atoms with Gasteiger partial charge in [0, 0.05) is 13.1 Å². The fourth-order valence-corrected chi connectivity index (χ4v) is 0.996. The zero-order valence-electron chi connectivity index (χ0n) is 9.57. The molecule has 0 aliphatic carbocycles. The van der Waals surface area contributed by atoms with Crippen molar-refractivity contribution in [3.63, 3.8) is 0 Å². The fourth-order valence-electron chi connectivity index (χ4n) is 0.797. The number of amides is 1. The van der Waals surface area contributed by atoms with E-state index in [4.69, 9.17) is 4.74 Å². The van der Waals surface area contributed by atoms with Crippen molar-refractivity contribution in [2.24, 2.45) is 0 Å². The molecule has 16 heavy (non-hydrogen) atoms. The maximum atomic E-state index is 12.3. The van der Waals surface area contributed by atoms with E-state index in [0.717, 1.165) is 0 Å². The maximum absolute atomic E-state index is 12.3. The standard InChI is InChI=1S/C9H17BrF2N2O2/c1-8(2,3)16-7(15)14-5-4-13-6-9(10,11)12/h13H,4-6H2,1-3H3,(H,14,15). The van der Waals surface area contributed by atoms with Gasteiger partial charge in [-0.25, -0.2) is 4.79 Å². The molecule has 0 aromatic rings. The normalized spacial score (nSPS) is 12.4. The second-order valence-corrected chi connectivity index (χ2v) is 5.38. The van der Waals surface area contributed by atoms with Crippen molar-refractivity contribution in [3.05, 3.63) is 0 Å². The van der Waals surface area contributed by atoms with Crippen LogP contribution in [0.1, 0.15) is 20.8 Å². The molecule has 0 unspecified atom stereocenters. The molecular weight excluding hydrogens is 286 g/mol. The van der Waals surface area contributed by atoms with Crippen LogP contribution < -0.4 is 10.6 Å². The van der Waals surface area contributed by atoms with Crippen LogP contribution in [0.25, 0.3) is 0 Å². The first-order valence-corrected chi connectivity index (χ1v) is 5.64. The number of nitrogens with one attached hydrogen (secondary N) is 2. The van der Waals surface area contributed by atoms with Crippen molar-refractivity contribution in [2.75, 3.05) is 19.6 Å². The average Bonchev–Trinajstić information content (AvgIpc) is 1.97. The quantitative estimate of drug-likeness (QED) is 0.604. The number of hydrogen-bond donors (Lipinski definition) is 2. The third-order valence-corrected chi connectivity index (χ3v) is 1.58. The third-order valence-electron chi connectivity index (χ3n) is 1.30. The van der Waals surface area contributed by atoms with E-state index in [2.05, 4.69) is 26.6 Å². The van der Waals surface area contributed by atoms with Crippen LogP contribution in [0.2, 0.25) is 0 Å². The first-order chi connectivity index (χ1) is 7.10. The molecule has 0 rings (SSSR count). The van der Waals surface area contributed by atoms with Crippen molar-refractivity contribution in [2.45, 2.75) is 31.2 Å². The lowest BCUT2D eigenvalue weighted by Gasteiger charge is -2.19. The van der Waals surface area contributed by atoms with Crippen LogP contribution in [-0.4, -0.2) is 36.2 Å². The number of carbonyl (C=O) groups is 1. The van der Waals surface area contributed by atoms with Crippen molar-refractivity contribution < 1.29 is 18.3 Å². The lowest BCUT2D eigenvalue weighted by molar-refractivity contribution is 0.0527. The second-order valence-electron chi connectivity index (χ2n) is 4.22. The molecule has 0 aromatic heterocycles. The number of hydrogen-bond acceptors (Lipinski definition) is 3. The second kappa shape index (κ2) is 6.34. The van der Waals surface area contributed by atoms with Gasteiger partial charge in [-0.05, 0) is 36.7 Å². The Morgan fingerprint density at radius 3 is 2.31 bits per heavy atom. The number of rotatable bonds is 5. The summed E-state index contributed by atoms with van der Waals surface area (Å²) in [4.78, 5) is 8.18. The van der Waals surface area contributed by atoms with E-state index in [1.165, 1.54) is 0 Å². The molecule has 7 heteroatoms. The molecular formula is C9H17BrF2N2O2. The first kappa shape index (κ1) is 15.6.